The summed E-state index contributed by atoms with van der Waals surface area (Å²) in [5, 5.41) is 3.61. The van der Waals surface area contributed by atoms with Crippen molar-refractivity contribution >= 4 is 0 Å². The summed E-state index contributed by atoms with van der Waals surface area (Å²) in [6.45, 7) is 8.70. The maximum atomic E-state index is 13.0. The highest BCUT2D eigenvalue weighted by Gasteiger charge is 2.17. The summed E-state index contributed by atoms with van der Waals surface area (Å²) < 4.78 is 13.0. The molecule has 2 rings (SSSR count). The first kappa shape index (κ1) is 14.5. The van der Waals surface area contributed by atoms with Gasteiger partial charge in [0, 0.05) is 12.6 Å². The van der Waals surface area contributed by atoms with Crippen molar-refractivity contribution in [3.63, 3.8) is 0 Å². The molecule has 106 valence electrons. The zero-order valence-electron chi connectivity index (χ0n) is 12.1. The maximum Gasteiger partial charge on any atom is 0.123 e. The summed E-state index contributed by atoms with van der Waals surface area (Å²) in [5.74, 6) is -0.144. The molecule has 0 bridgehead atoms. The number of benzene rings is 1. The Labute approximate surface area is 116 Å². The van der Waals surface area contributed by atoms with Crippen molar-refractivity contribution in [2.24, 2.45) is 0 Å². The third-order valence-corrected chi connectivity index (χ3v) is 4.01. The van der Waals surface area contributed by atoms with E-state index in [4.69, 9.17) is 0 Å². The van der Waals surface area contributed by atoms with Crippen molar-refractivity contribution in [2.45, 2.75) is 45.7 Å². The molecule has 0 aliphatic carbocycles. The number of aryl methyl sites for hydroxylation is 1. The highest BCUT2D eigenvalue weighted by Crippen LogP contribution is 2.13. The second kappa shape index (κ2) is 7.01. The van der Waals surface area contributed by atoms with Gasteiger partial charge >= 0.3 is 0 Å². The van der Waals surface area contributed by atoms with Gasteiger partial charge in [0.05, 0.1) is 0 Å². The molecule has 0 aromatic heterocycles. The van der Waals surface area contributed by atoms with Crippen molar-refractivity contribution in [1.29, 1.82) is 0 Å². The lowest BCUT2D eigenvalue weighted by atomic mass is 10.0. The monoisotopic (exact) mass is 264 g/mol. The Bertz CT molecular complexity index is 398. The molecule has 1 aliphatic heterocycles. The number of nitrogens with zero attached hydrogens (tertiary/aromatic N) is 1. The first-order valence-corrected chi connectivity index (χ1v) is 7.40. The van der Waals surface area contributed by atoms with Gasteiger partial charge in [-0.25, -0.2) is 4.39 Å². The molecule has 1 N–H and O–H groups in total. The number of likely N-dealkylation sites (tertiary alicyclic amines) is 1. The Morgan fingerprint density at radius 2 is 2.05 bits per heavy atom. The van der Waals surface area contributed by atoms with E-state index in [9.17, 15) is 4.39 Å². The van der Waals surface area contributed by atoms with Crippen molar-refractivity contribution in [3.05, 3.63) is 35.1 Å². The smallest absolute Gasteiger partial charge is 0.123 e. The van der Waals surface area contributed by atoms with Gasteiger partial charge in [-0.1, -0.05) is 13.0 Å². The molecular weight excluding hydrogens is 239 g/mol. The molecule has 1 saturated heterocycles. The standard InChI is InChI=1S/C16H25FN2/c1-3-8-19-9-6-16(7-10-19)18-12-14-4-5-15(17)11-13(14)2/h4-5,11,16,18H,3,6-10,12H2,1-2H3. The normalized spacial score (nSPS) is 17.8. The molecule has 0 unspecified atom stereocenters. The minimum Gasteiger partial charge on any atom is -0.310 e. The van der Waals surface area contributed by atoms with Gasteiger partial charge in [-0.05, 0) is 69.1 Å². The summed E-state index contributed by atoms with van der Waals surface area (Å²) in [6.07, 6.45) is 3.69. The van der Waals surface area contributed by atoms with Gasteiger partial charge in [0.25, 0.3) is 0 Å². The molecule has 0 atom stereocenters. The molecule has 0 spiro atoms. The van der Waals surface area contributed by atoms with E-state index in [0.29, 0.717) is 6.04 Å². The zero-order valence-corrected chi connectivity index (χ0v) is 12.1. The molecule has 0 amide bonds. The topological polar surface area (TPSA) is 15.3 Å². The maximum absolute atomic E-state index is 13.0. The van der Waals surface area contributed by atoms with Crippen LogP contribution >= 0.6 is 0 Å². The van der Waals surface area contributed by atoms with Crippen LogP contribution in [0.1, 0.15) is 37.3 Å². The van der Waals surface area contributed by atoms with Gasteiger partial charge in [0.2, 0.25) is 0 Å². The molecule has 19 heavy (non-hydrogen) atoms. The van der Waals surface area contributed by atoms with Crippen molar-refractivity contribution in [3.8, 4) is 0 Å². The average Bonchev–Trinajstić information content (AvgIpc) is 2.40. The minimum atomic E-state index is -0.144. The van der Waals surface area contributed by atoms with E-state index in [2.05, 4.69) is 17.1 Å². The lowest BCUT2D eigenvalue weighted by molar-refractivity contribution is 0.197. The van der Waals surface area contributed by atoms with Crippen molar-refractivity contribution < 1.29 is 4.39 Å². The predicted octanol–water partition coefficient (Wildman–Crippen LogP) is 3.10. The first-order valence-electron chi connectivity index (χ1n) is 7.40. The van der Waals surface area contributed by atoms with Gasteiger partial charge in [-0.15, -0.1) is 0 Å². The van der Waals surface area contributed by atoms with Crippen LogP contribution in [0.25, 0.3) is 0 Å². The fourth-order valence-electron chi connectivity index (χ4n) is 2.79. The fraction of sp³-hybridized carbons (Fsp3) is 0.625. The third kappa shape index (κ3) is 4.29. The number of hydrogen-bond donors (Lipinski definition) is 1. The van der Waals surface area contributed by atoms with E-state index in [1.165, 1.54) is 44.5 Å². The van der Waals surface area contributed by atoms with E-state index >= 15 is 0 Å². The van der Waals surface area contributed by atoms with Crippen molar-refractivity contribution in [2.75, 3.05) is 19.6 Å². The zero-order chi connectivity index (χ0) is 13.7. The molecule has 1 aromatic rings. The quantitative estimate of drug-likeness (QED) is 0.879. The lowest BCUT2D eigenvalue weighted by Crippen LogP contribution is -2.42. The fourth-order valence-corrected chi connectivity index (χ4v) is 2.79. The highest BCUT2D eigenvalue weighted by atomic mass is 19.1. The van der Waals surface area contributed by atoms with Gasteiger partial charge < -0.3 is 10.2 Å². The van der Waals surface area contributed by atoms with Crippen LogP contribution in [-0.4, -0.2) is 30.6 Å². The molecule has 0 radical (unpaired) electrons. The van der Waals surface area contributed by atoms with E-state index in [1.807, 2.05) is 13.0 Å². The summed E-state index contributed by atoms with van der Waals surface area (Å²) in [4.78, 5) is 2.54. The van der Waals surface area contributed by atoms with Crippen LogP contribution in [0.2, 0.25) is 0 Å². The molecule has 1 heterocycles. The molecule has 1 aliphatic rings. The Morgan fingerprint density at radius 1 is 1.32 bits per heavy atom. The Hall–Kier alpha value is -0.930. The van der Waals surface area contributed by atoms with E-state index in [1.54, 1.807) is 12.1 Å². The van der Waals surface area contributed by atoms with Crippen LogP contribution in [0.4, 0.5) is 4.39 Å². The third-order valence-electron chi connectivity index (χ3n) is 4.01. The molecule has 0 saturated carbocycles. The Kier molecular flexibility index (Phi) is 5.34. The van der Waals surface area contributed by atoms with Crippen LogP contribution in [-0.2, 0) is 6.54 Å². The minimum absolute atomic E-state index is 0.144. The second-order valence-electron chi connectivity index (χ2n) is 5.57. The highest BCUT2D eigenvalue weighted by molar-refractivity contribution is 5.26. The van der Waals surface area contributed by atoms with Crippen LogP contribution < -0.4 is 5.32 Å². The average molecular weight is 264 g/mol. The number of nitrogens with one attached hydrogen (secondary N) is 1. The van der Waals surface area contributed by atoms with Gasteiger partial charge in [0.15, 0.2) is 0 Å². The first-order chi connectivity index (χ1) is 9.19. The predicted molar refractivity (Wildman–Crippen MR) is 77.7 cm³/mol. The summed E-state index contributed by atoms with van der Waals surface area (Å²) in [6, 6.07) is 5.66. The molecule has 1 aromatic carbocycles. The second-order valence-corrected chi connectivity index (χ2v) is 5.57. The molecule has 1 fully saturated rings. The number of halogens is 1. The van der Waals surface area contributed by atoms with Gasteiger partial charge in [-0.2, -0.15) is 0 Å². The number of piperidine rings is 1. The summed E-state index contributed by atoms with van der Waals surface area (Å²) in [5.41, 5.74) is 2.24. The van der Waals surface area contributed by atoms with E-state index in [-0.39, 0.29) is 5.82 Å². The van der Waals surface area contributed by atoms with Crippen LogP contribution in [0.15, 0.2) is 18.2 Å². The lowest BCUT2D eigenvalue weighted by Gasteiger charge is -2.32. The Morgan fingerprint density at radius 3 is 2.68 bits per heavy atom. The molecule has 3 heteroatoms. The van der Waals surface area contributed by atoms with Crippen LogP contribution in [0.5, 0.6) is 0 Å². The largest absolute Gasteiger partial charge is 0.310 e. The summed E-state index contributed by atoms with van der Waals surface area (Å²) in [7, 11) is 0. The number of hydrogen-bond acceptors (Lipinski definition) is 2. The number of rotatable bonds is 5. The van der Waals surface area contributed by atoms with E-state index in [0.717, 1.165) is 12.1 Å². The van der Waals surface area contributed by atoms with E-state index < -0.39 is 0 Å². The summed E-state index contributed by atoms with van der Waals surface area (Å²) >= 11 is 0. The Balaban J connectivity index is 1.77. The van der Waals surface area contributed by atoms with Crippen LogP contribution in [0, 0.1) is 12.7 Å². The van der Waals surface area contributed by atoms with Gasteiger partial charge in [-0.3, -0.25) is 0 Å². The van der Waals surface area contributed by atoms with Gasteiger partial charge in [0.1, 0.15) is 5.82 Å². The van der Waals surface area contributed by atoms with Crippen molar-refractivity contribution in [1.82, 2.24) is 10.2 Å². The van der Waals surface area contributed by atoms with Crippen LogP contribution in [0.3, 0.4) is 0 Å². The molecular formula is C16H25FN2. The molecule has 2 nitrogen and oxygen atoms in total. The SMILES string of the molecule is CCCN1CCC(NCc2ccc(F)cc2C)CC1.